The molecule has 0 saturated heterocycles. The highest BCUT2D eigenvalue weighted by Crippen LogP contribution is 2.31. The molecule has 0 fully saturated rings. The Hall–Kier alpha value is -3.49. The third-order valence-corrected chi connectivity index (χ3v) is 6.47. The second-order valence-electron chi connectivity index (χ2n) is 7.50. The van der Waals surface area contributed by atoms with E-state index in [0.29, 0.717) is 22.9 Å². The van der Waals surface area contributed by atoms with Gasteiger partial charge >= 0.3 is 5.56 Å². The molecule has 0 unspecified atom stereocenters. The molecule has 0 radical (unpaired) electrons. The molecule has 9 heteroatoms. The van der Waals surface area contributed by atoms with Crippen molar-refractivity contribution in [2.75, 3.05) is 0 Å². The zero-order chi connectivity index (χ0) is 22.9. The molecule has 3 aromatic heterocycles. The van der Waals surface area contributed by atoms with Crippen molar-refractivity contribution in [3.63, 3.8) is 0 Å². The predicted octanol–water partition coefficient (Wildman–Crippen LogP) is 5.12. The molecule has 6 nitrogen and oxygen atoms in total. The van der Waals surface area contributed by atoms with E-state index in [1.807, 2.05) is 37.4 Å². The van der Waals surface area contributed by atoms with Crippen LogP contribution in [0.1, 0.15) is 16.0 Å². The molecule has 3 heterocycles. The van der Waals surface area contributed by atoms with E-state index in [9.17, 15) is 9.18 Å². The summed E-state index contributed by atoms with van der Waals surface area (Å²) in [6.45, 7) is 0.228. The van der Waals surface area contributed by atoms with E-state index in [-0.39, 0.29) is 22.9 Å². The molecule has 0 atom stereocenters. The van der Waals surface area contributed by atoms with E-state index >= 15 is 0 Å². The van der Waals surface area contributed by atoms with E-state index in [2.05, 4.69) is 4.98 Å². The highest BCUT2D eigenvalue weighted by atomic mass is 35.5. The number of rotatable bonds is 6. The van der Waals surface area contributed by atoms with Gasteiger partial charge in [-0.3, -0.25) is 4.79 Å². The molecule has 0 amide bonds. The Morgan fingerprint density at radius 2 is 1.94 bits per heavy atom. The largest absolute Gasteiger partial charge is 0.481 e. The summed E-state index contributed by atoms with van der Waals surface area (Å²) >= 11 is 7.17. The highest BCUT2D eigenvalue weighted by molar-refractivity contribution is 7.15. The summed E-state index contributed by atoms with van der Waals surface area (Å²) < 4.78 is 23.0. The van der Waals surface area contributed by atoms with Crippen molar-refractivity contribution >= 4 is 28.7 Å². The molecule has 0 aliphatic rings. The van der Waals surface area contributed by atoms with Gasteiger partial charge in [-0.15, -0.1) is 11.3 Å². The van der Waals surface area contributed by atoms with E-state index < -0.39 is 5.82 Å². The maximum atomic E-state index is 13.8. The first kappa shape index (κ1) is 21.4. The first-order chi connectivity index (χ1) is 16.0. The minimum Gasteiger partial charge on any atom is -0.481 e. The number of hydrogen-bond donors (Lipinski definition) is 0. The quantitative estimate of drug-likeness (QED) is 0.338. The number of aryl methyl sites for hydroxylation is 1. The molecule has 33 heavy (non-hydrogen) atoms. The number of aromatic nitrogens is 4. The third kappa shape index (κ3) is 4.27. The zero-order valence-corrected chi connectivity index (χ0v) is 19.1. The fourth-order valence-corrected chi connectivity index (χ4v) is 4.53. The zero-order valence-electron chi connectivity index (χ0n) is 17.5. The van der Waals surface area contributed by atoms with Gasteiger partial charge in [-0.1, -0.05) is 48.0 Å². The number of nitrogens with zero attached hydrogens (tertiary/aromatic N) is 4. The maximum absolute atomic E-state index is 13.8. The number of fused-ring (bicyclic) bond motifs is 1. The van der Waals surface area contributed by atoms with Gasteiger partial charge in [0.1, 0.15) is 17.4 Å². The number of benzene rings is 2. The summed E-state index contributed by atoms with van der Waals surface area (Å²) in [6, 6.07) is 14.3. The Morgan fingerprint density at radius 1 is 1.12 bits per heavy atom. The molecule has 5 aromatic rings. The molecule has 0 N–H and O–H groups in total. The average Bonchev–Trinajstić information content (AvgIpc) is 3.43. The van der Waals surface area contributed by atoms with Gasteiger partial charge in [0.15, 0.2) is 5.69 Å². The van der Waals surface area contributed by atoms with E-state index in [1.54, 1.807) is 29.2 Å². The van der Waals surface area contributed by atoms with E-state index in [4.69, 9.17) is 21.3 Å². The Labute approximate surface area is 197 Å². The first-order valence-electron chi connectivity index (χ1n) is 10.1. The summed E-state index contributed by atoms with van der Waals surface area (Å²) in [5.74, 6) is 0.166. The molecular formula is C24H18ClFN4O2S. The van der Waals surface area contributed by atoms with Crippen molar-refractivity contribution < 1.29 is 9.13 Å². The minimum atomic E-state index is -0.459. The van der Waals surface area contributed by atoms with Crippen molar-refractivity contribution in [2.24, 2.45) is 7.05 Å². The molecule has 2 aromatic carbocycles. The number of halogens is 2. The summed E-state index contributed by atoms with van der Waals surface area (Å²) in [4.78, 5) is 23.3. The lowest BCUT2D eigenvalue weighted by Crippen LogP contribution is -2.19. The van der Waals surface area contributed by atoms with Gasteiger partial charge < -0.3 is 9.30 Å². The standard InChI is InChI=1S/C24H18ClFN4O2S/c1-29-9-10-30-23(31)21(32-14-15-5-3-2-4-6-15)20(28-24(29)30)22-27-13-17(33-22)11-16-7-8-18(25)19(26)12-16/h2-10,12-13H,11,14H2,1H3. The van der Waals surface area contributed by atoms with Crippen LogP contribution >= 0.6 is 22.9 Å². The van der Waals surface area contributed by atoms with Crippen LogP contribution < -0.4 is 10.3 Å². The first-order valence-corrected chi connectivity index (χ1v) is 11.3. The average molecular weight is 481 g/mol. The van der Waals surface area contributed by atoms with Gasteiger partial charge in [0.25, 0.3) is 0 Å². The molecule has 0 aliphatic heterocycles. The Bertz CT molecular complexity index is 1510. The van der Waals surface area contributed by atoms with Crippen LogP contribution in [0.3, 0.4) is 0 Å². The predicted molar refractivity (Wildman–Crippen MR) is 127 cm³/mol. The lowest BCUT2D eigenvalue weighted by molar-refractivity contribution is 0.301. The van der Waals surface area contributed by atoms with Crippen molar-refractivity contribution in [3.05, 3.63) is 104 Å². The second kappa shape index (κ2) is 8.80. The van der Waals surface area contributed by atoms with Gasteiger partial charge in [0, 0.05) is 36.9 Å². The van der Waals surface area contributed by atoms with Gasteiger partial charge in [-0.25, -0.2) is 18.8 Å². The lowest BCUT2D eigenvalue weighted by atomic mass is 10.1. The van der Waals surface area contributed by atoms with Crippen LogP contribution in [-0.2, 0) is 20.1 Å². The monoisotopic (exact) mass is 480 g/mol. The third-order valence-electron chi connectivity index (χ3n) is 5.15. The van der Waals surface area contributed by atoms with Crippen LogP contribution in [0.4, 0.5) is 4.39 Å². The number of hydrogen-bond acceptors (Lipinski definition) is 5. The van der Waals surface area contributed by atoms with Crippen molar-refractivity contribution in [2.45, 2.75) is 13.0 Å². The molecule has 166 valence electrons. The van der Waals surface area contributed by atoms with Crippen LogP contribution in [0.25, 0.3) is 16.5 Å². The lowest BCUT2D eigenvalue weighted by Gasteiger charge is -2.10. The summed E-state index contributed by atoms with van der Waals surface area (Å²) in [5.41, 5.74) is 1.79. The van der Waals surface area contributed by atoms with Crippen molar-refractivity contribution in [1.29, 1.82) is 0 Å². The topological polar surface area (TPSA) is 61.4 Å². The van der Waals surface area contributed by atoms with E-state index in [1.165, 1.54) is 27.9 Å². The Morgan fingerprint density at radius 3 is 2.73 bits per heavy atom. The smallest absolute Gasteiger partial charge is 0.302 e. The summed E-state index contributed by atoms with van der Waals surface area (Å²) in [6.07, 6.45) is 5.61. The van der Waals surface area contributed by atoms with Crippen molar-refractivity contribution in [3.8, 4) is 16.5 Å². The Kier molecular flexibility index (Phi) is 5.70. The van der Waals surface area contributed by atoms with Crippen LogP contribution in [0, 0.1) is 5.82 Å². The molecular weight excluding hydrogens is 463 g/mol. The maximum Gasteiger partial charge on any atom is 0.302 e. The second-order valence-corrected chi connectivity index (χ2v) is 9.03. The Balaban J connectivity index is 1.53. The number of ether oxygens (including phenoxy) is 1. The summed E-state index contributed by atoms with van der Waals surface area (Å²) in [5, 5.41) is 0.646. The van der Waals surface area contributed by atoms with Crippen LogP contribution in [0.15, 0.2) is 71.9 Å². The van der Waals surface area contributed by atoms with Gasteiger partial charge in [-0.05, 0) is 23.3 Å². The highest BCUT2D eigenvalue weighted by Gasteiger charge is 2.20. The normalized spacial score (nSPS) is 11.2. The summed E-state index contributed by atoms with van der Waals surface area (Å²) in [7, 11) is 1.82. The SMILES string of the molecule is Cn1ccn2c(=O)c(OCc3ccccc3)c(-c3ncc(Cc4ccc(Cl)c(F)c4)s3)nc12. The van der Waals surface area contributed by atoms with Crippen LogP contribution in [-0.4, -0.2) is 18.9 Å². The van der Waals surface area contributed by atoms with Gasteiger partial charge in [0.2, 0.25) is 11.5 Å². The molecule has 0 aliphatic carbocycles. The fraction of sp³-hybridized carbons (Fsp3) is 0.125. The molecule has 0 bridgehead atoms. The minimum absolute atomic E-state index is 0.0875. The number of imidazole rings is 1. The molecule has 5 rings (SSSR count). The van der Waals surface area contributed by atoms with Crippen LogP contribution in [0.2, 0.25) is 5.02 Å². The van der Waals surface area contributed by atoms with E-state index in [0.717, 1.165) is 16.0 Å². The van der Waals surface area contributed by atoms with Gasteiger partial charge in [0.05, 0.1) is 5.02 Å². The van der Waals surface area contributed by atoms with Gasteiger partial charge in [-0.2, -0.15) is 0 Å². The number of thiazole rings is 1. The van der Waals surface area contributed by atoms with Crippen molar-refractivity contribution in [1.82, 2.24) is 18.9 Å². The molecule has 0 saturated carbocycles. The fourth-order valence-electron chi connectivity index (χ4n) is 3.48. The van der Waals surface area contributed by atoms with Crippen LogP contribution in [0.5, 0.6) is 5.75 Å². The molecule has 0 spiro atoms.